The van der Waals surface area contributed by atoms with Crippen LogP contribution in [-0.4, -0.2) is 29.5 Å². The Morgan fingerprint density at radius 3 is 3.00 bits per heavy atom. The van der Waals surface area contributed by atoms with Crippen molar-refractivity contribution in [2.45, 2.75) is 6.54 Å². The number of nitrogens with zero attached hydrogens (tertiary/aromatic N) is 1. The zero-order chi connectivity index (χ0) is 8.81. The fraction of sp³-hybridized carbons (Fsp3) is 0.571. The summed E-state index contributed by atoms with van der Waals surface area (Å²) in [5, 5.41) is 10.1. The van der Waals surface area contributed by atoms with E-state index >= 15 is 0 Å². The third-order valence-corrected chi connectivity index (χ3v) is 2.05. The number of aliphatic hydroxyl groups excluding tert-OH is 1. The number of rotatable bonds is 5. The normalized spacial score (nSPS) is 10.4. The predicted octanol–water partition coefficient (Wildman–Crippen LogP) is -0.0813. The zero-order valence-electron chi connectivity index (χ0n) is 6.60. The summed E-state index contributed by atoms with van der Waals surface area (Å²) in [7, 11) is 0. The Balaban J connectivity index is 2.24. The highest BCUT2D eigenvalue weighted by molar-refractivity contribution is 7.07. The lowest BCUT2D eigenvalue weighted by Crippen LogP contribution is -2.16. The fourth-order valence-corrected chi connectivity index (χ4v) is 1.40. The van der Waals surface area contributed by atoms with Crippen LogP contribution in [0.15, 0.2) is 16.4 Å². The van der Waals surface area contributed by atoms with Gasteiger partial charge in [0.15, 0.2) is 0 Å². The summed E-state index contributed by atoms with van der Waals surface area (Å²) in [6.07, 6.45) is 1.73. The largest absolute Gasteiger partial charge is 0.394 e. The van der Waals surface area contributed by atoms with Gasteiger partial charge >= 0.3 is 4.87 Å². The average molecular weight is 189 g/mol. The van der Waals surface area contributed by atoms with Crippen LogP contribution in [0.3, 0.4) is 0 Å². The van der Waals surface area contributed by atoms with Crippen LogP contribution in [-0.2, 0) is 11.3 Å². The molecule has 0 aliphatic carbocycles. The monoisotopic (exact) mass is 189 g/mol. The van der Waals surface area contributed by atoms with Crippen molar-refractivity contribution < 1.29 is 9.84 Å². The maximum Gasteiger partial charge on any atom is 0.307 e. The average Bonchev–Trinajstić information content (AvgIpc) is 2.46. The summed E-state index contributed by atoms with van der Waals surface area (Å²) in [5.74, 6) is 0. The Morgan fingerprint density at radius 2 is 2.42 bits per heavy atom. The number of ether oxygens (including phenoxy) is 1. The predicted molar refractivity (Wildman–Crippen MR) is 46.5 cm³/mol. The van der Waals surface area contributed by atoms with E-state index in [0.29, 0.717) is 19.8 Å². The summed E-state index contributed by atoms with van der Waals surface area (Å²) >= 11 is 1.17. The minimum absolute atomic E-state index is 0.0263. The molecule has 0 fully saturated rings. The summed E-state index contributed by atoms with van der Waals surface area (Å²) in [6, 6.07) is 0. The van der Waals surface area contributed by atoms with Gasteiger partial charge in [0.05, 0.1) is 19.8 Å². The van der Waals surface area contributed by atoms with E-state index in [9.17, 15) is 4.79 Å². The van der Waals surface area contributed by atoms with Gasteiger partial charge in [-0.25, -0.2) is 0 Å². The Morgan fingerprint density at radius 1 is 1.58 bits per heavy atom. The molecule has 0 aromatic carbocycles. The van der Waals surface area contributed by atoms with Crippen LogP contribution in [0.2, 0.25) is 0 Å². The zero-order valence-corrected chi connectivity index (χ0v) is 7.42. The molecule has 0 aliphatic rings. The van der Waals surface area contributed by atoms with Gasteiger partial charge in [-0.3, -0.25) is 4.79 Å². The number of thiazole rings is 1. The third kappa shape index (κ3) is 2.77. The van der Waals surface area contributed by atoms with Crippen molar-refractivity contribution in [3.8, 4) is 0 Å². The van der Waals surface area contributed by atoms with Crippen LogP contribution >= 0.6 is 11.3 Å². The first-order valence-corrected chi connectivity index (χ1v) is 4.55. The number of aliphatic hydroxyl groups is 1. The molecular formula is C7H11NO3S. The molecule has 0 unspecified atom stereocenters. The lowest BCUT2D eigenvalue weighted by Gasteiger charge is -2.01. The third-order valence-electron chi connectivity index (χ3n) is 1.36. The Kier molecular flexibility index (Phi) is 3.99. The quantitative estimate of drug-likeness (QED) is 0.659. The molecule has 12 heavy (non-hydrogen) atoms. The highest BCUT2D eigenvalue weighted by Crippen LogP contribution is 1.88. The van der Waals surface area contributed by atoms with Crippen LogP contribution < -0.4 is 4.87 Å². The molecular weight excluding hydrogens is 178 g/mol. The molecule has 0 bridgehead atoms. The molecule has 0 radical (unpaired) electrons. The van der Waals surface area contributed by atoms with Crippen molar-refractivity contribution in [3.05, 3.63) is 21.2 Å². The van der Waals surface area contributed by atoms with E-state index in [1.807, 2.05) is 0 Å². The molecule has 68 valence electrons. The topological polar surface area (TPSA) is 51.5 Å². The molecule has 1 heterocycles. The van der Waals surface area contributed by atoms with Gasteiger partial charge in [0, 0.05) is 18.1 Å². The van der Waals surface area contributed by atoms with Gasteiger partial charge in [-0.1, -0.05) is 11.3 Å². The molecule has 0 spiro atoms. The SMILES string of the molecule is O=c1sccn1CCOCCO. The minimum Gasteiger partial charge on any atom is -0.394 e. The molecule has 1 aromatic rings. The lowest BCUT2D eigenvalue weighted by molar-refractivity contribution is 0.0867. The highest BCUT2D eigenvalue weighted by Gasteiger charge is 1.94. The van der Waals surface area contributed by atoms with Crippen molar-refractivity contribution in [2.24, 2.45) is 0 Å². The molecule has 4 nitrogen and oxygen atoms in total. The molecule has 0 saturated heterocycles. The highest BCUT2D eigenvalue weighted by atomic mass is 32.1. The first-order valence-electron chi connectivity index (χ1n) is 3.67. The van der Waals surface area contributed by atoms with Crippen LogP contribution in [0.25, 0.3) is 0 Å². The summed E-state index contributed by atoms with van der Waals surface area (Å²) in [5.41, 5.74) is 0. The Labute approximate surface area is 74.0 Å². The van der Waals surface area contributed by atoms with Gasteiger partial charge in [-0.15, -0.1) is 0 Å². The van der Waals surface area contributed by atoms with Gasteiger partial charge in [0.25, 0.3) is 0 Å². The molecule has 0 saturated carbocycles. The summed E-state index contributed by atoms with van der Waals surface area (Å²) < 4.78 is 6.59. The first-order chi connectivity index (χ1) is 5.84. The smallest absolute Gasteiger partial charge is 0.307 e. The molecule has 0 amide bonds. The Bertz CT molecular complexity index is 268. The van der Waals surface area contributed by atoms with Gasteiger partial charge in [-0.2, -0.15) is 0 Å². The van der Waals surface area contributed by atoms with E-state index in [2.05, 4.69) is 0 Å². The molecule has 5 heteroatoms. The second-order valence-corrected chi connectivity index (χ2v) is 3.06. The second-order valence-electron chi connectivity index (χ2n) is 2.20. The number of hydrogen-bond acceptors (Lipinski definition) is 4. The van der Waals surface area contributed by atoms with Gasteiger partial charge in [0.2, 0.25) is 0 Å². The fourth-order valence-electron chi connectivity index (χ4n) is 0.786. The maximum atomic E-state index is 11.0. The van der Waals surface area contributed by atoms with Gasteiger partial charge < -0.3 is 14.4 Å². The lowest BCUT2D eigenvalue weighted by atomic mass is 10.6. The van der Waals surface area contributed by atoms with Crippen LogP contribution in [0.4, 0.5) is 0 Å². The standard InChI is InChI=1S/C7H11NO3S/c9-3-5-11-4-1-8-2-6-12-7(8)10/h2,6,9H,1,3-5H2. The van der Waals surface area contributed by atoms with Crippen molar-refractivity contribution in [1.29, 1.82) is 0 Å². The van der Waals surface area contributed by atoms with Crippen molar-refractivity contribution in [1.82, 2.24) is 4.57 Å². The molecule has 1 rings (SSSR count). The van der Waals surface area contributed by atoms with Gasteiger partial charge in [-0.05, 0) is 0 Å². The summed E-state index contributed by atoms with van der Waals surface area (Å²) in [4.78, 5) is 11.0. The Hall–Kier alpha value is -0.650. The first kappa shape index (κ1) is 9.44. The van der Waals surface area contributed by atoms with E-state index in [1.165, 1.54) is 11.3 Å². The van der Waals surface area contributed by atoms with Crippen molar-refractivity contribution >= 4 is 11.3 Å². The number of aromatic nitrogens is 1. The maximum absolute atomic E-state index is 11.0. The van der Waals surface area contributed by atoms with E-state index in [1.54, 1.807) is 16.1 Å². The van der Waals surface area contributed by atoms with E-state index in [-0.39, 0.29) is 11.5 Å². The second kappa shape index (κ2) is 5.08. The van der Waals surface area contributed by atoms with E-state index < -0.39 is 0 Å². The molecule has 0 aliphatic heterocycles. The van der Waals surface area contributed by atoms with E-state index in [4.69, 9.17) is 9.84 Å². The summed E-state index contributed by atoms with van der Waals surface area (Å²) in [6.45, 7) is 1.39. The minimum atomic E-state index is 0.0263. The van der Waals surface area contributed by atoms with E-state index in [0.717, 1.165) is 0 Å². The van der Waals surface area contributed by atoms with Crippen molar-refractivity contribution in [2.75, 3.05) is 19.8 Å². The van der Waals surface area contributed by atoms with Crippen molar-refractivity contribution in [3.63, 3.8) is 0 Å². The molecule has 0 atom stereocenters. The van der Waals surface area contributed by atoms with Crippen LogP contribution in [0, 0.1) is 0 Å². The molecule has 1 N–H and O–H groups in total. The van der Waals surface area contributed by atoms with Gasteiger partial charge in [0.1, 0.15) is 0 Å². The van der Waals surface area contributed by atoms with Crippen LogP contribution in [0.5, 0.6) is 0 Å². The number of hydrogen-bond donors (Lipinski definition) is 1. The van der Waals surface area contributed by atoms with Crippen LogP contribution in [0.1, 0.15) is 0 Å². The molecule has 1 aromatic heterocycles.